The first-order valence-corrected chi connectivity index (χ1v) is 5.16. The van der Waals surface area contributed by atoms with Crippen molar-refractivity contribution in [1.29, 1.82) is 0 Å². The van der Waals surface area contributed by atoms with Gasteiger partial charge in [0.2, 0.25) is 0 Å². The smallest absolute Gasteiger partial charge is 0.504 e. The third kappa shape index (κ3) is 3.92. The van der Waals surface area contributed by atoms with E-state index in [1.165, 1.54) is 12.3 Å². The average Bonchev–Trinajstić information content (AvgIpc) is 2.31. The van der Waals surface area contributed by atoms with Crippen LogP contribution in [0.2, 0.25) is 0 Å². The van der Waals surface area contributed by atoms with Gasteiger partial charge in [-0.05, 0) is 30.3 Å². The maximum atomic E-state index is 12.1. The Morgan fingerprint density at radius 1 is 1.15 bits per heavy atom. The molecule has 4 nitrogen and oxygen atoms in total. The Labute approximate surface area is 118 Å². The van der Waals surface area contributed by atoms with Crippen molar-refractivity contribution >= 4 is 18.1 Å². The molecule has 0 aliphatic carbocycles. The van der Waals surface area contributed by atoms with Crippen molar-refractivity contribution in [2.45, 2.75) is 6.36 Å². The molecule has 0 saturated carbocycles. The molecule has 0 amide bonds. The van der Waals surface area contributed by atoms with Crippen LogP contribution in [0.15, 0.2) is 36.5 Å². The van der Waals surface area contributed by atoms with Crippen molar-refractivity contribution in [2.24, 2.45) is 0 Å². The lowest BCUT2D eigenvalue weighted by Gasteiger charge is -2.11. The third-order valence-corrected chi connectivity index (χ3v) is 2.27. The van der Waals surface area contributed by atoms with E-state index in [-0.39, 0.29) is 12.4 Å². The summed E-state index contributed by atoms with van der Waals surface area (Å²) >= 11 is 0. The largest absolute Gasteiger partial charge is 0.573 e. The van der Waals surface area contributed by atoms with E-state index in [9.17, 15) is 18.3 Å². The quantitative estimate of drug-likeness (QED) is 0.892. The summed E-state index contributed by atoms with van der Waals surface area (Å²) in [5, 5.41) is 9.32. The highest BCUT2D eigenvalue weighted by molar-refractivity contribution is 5.85. The summed E-state index contributed by atoms with van der Waals surface area (Å²) in [5.74, 6) is -1.28. The van der Waals surface area contributed by atoms with Crippen molar-refractivity contribution in [2.75, 3.05) is 5.73 Å². The predicted molar refractivity (Wildman–Crippen MR) is 69.7 cm³/mol. The number of hydrogen-bond acceptors (Lipinski definition) is 4. The van der Waals surface area contributed by atoms with Gasteiger partial charge in [0.25, 0.3) is 0 Å². The number of ether oxygens (including phenoxy) is 1. The van der Waals surface area contributed by atoms with Crippen molar-refractivity contribution in [3.63, 3.8) is 0 Å². The second-order valence-corrected chi connectivity index (χ2v) is 3.71. The number of hydrogen-bond donors (Lipinski definition) is 2. The van der Waals surface area contributed by atoms with Crippen LogP contribution in [0, 0.1) is 0 Å². The summed E-state index contributed by atoms with van der Waals surface area (Å²) < 4.78 is 40.1. The Bertz CT molecular complexity index is 588. The number of anilines is 1. The third-order valence-electron chi connectivity index (χ3n) is 2.27. The van der Waals surface area contributed by atoms with Gasteiger partial charge >= 0.3 is 6.36 Å². The summed E-state index contributed by atoms with van der Waals surface area (Å²) in [5.41, 5.74) is 6.70. The molecule has 20 heavy (non-hydrogen) atoms. The number of phenolic OH excluding ortho intramolecular Hbond substituents is 1. The highest BCUT2D eigenvalue weighted by Crippen LogP contribution is 2.34. The number of aromatic nitrogens is 1. The molecule has 0 spiro atoms. The number of aromatic hydroxyl groups is 1. The Morgan fingerprint density at radius 3 is 2.40 bits per heavy atom. The zero-order chi connectivity index (χ0) is 14.0. The minimum absolute atomic E-state index is 0. The number of alkyl halides is 3. The van der Waals surface area contributed by atoms with Crippen LogP contribution in [0.4, 0.5) is 18.9 Å². The second kappa shape index (κ2) is 5.87. The van der Waals surface area contributed by atoms with Gasteiger partial charge in [0, 0.05) is 5.56 Å². The van der Waals surface area contributed by atoms with Crippen molar-refractivity contribution in [3.05, 3.63) is 36.5 Å². The summed E-state index contributed by atoms with van der Waals surface area (Å²) in [6, 6.07) is 6.71. The molecule has 0 aliphatic rings. The molecular formula is C12H10ClF3N2O2. The number of rotatable bonds is 2. The van der Waals surface area contributed by atoms with Gasteiger partial charge in [-0.2, -0.15) is 0 Å². The van der Waals surface area contributed by atoms with E-state index in [1.807, 2.05) is 0 Å². The monoisotopic (exact) mass is 306 g/mol. The summed E-state index contributed by atoms with van der Waals surface area (Å²) in [6.45, 7) is 0. The van der Waals surface area contributed by atoms with Crippen molar-refractivity contribution < 1.29 is 23.0 Å². The van der Waals surface area contributed by atoms with E-state index < -0.39 is 17.9 Å². The highest BCUT2D eigenvalue weighted by atomic mass is 35.5. The molecule has 1 heterocycles. The Balaban J connectivity index is 0.00000200. The fraction of sp³-hybridized carbons (Fsp3) is 0.0833. The summed E-state index contributed by atoms with van der Waals surface area (Å²) in [6.07, 6.45) is -3.49. The first kappa shape index (κ1) is 15.9. The number of nitrogens with zero attached hydrogens (tertiary/aromatic N) is 1. The second-order valence-electron chi connectivity index (χ2n) is 3.71. The van der Waals surface area contributed by atoms with Crippen LogP contribution in [-0.2, 0) is 0 Å². The van der Waals surface area contributed by atoms with Gasteiger partial charge < -0.3 is 15.6 Å². The van der Waals surface area contributed by atoms with Gasteiger partial charge in [-0.25, -0.2) is 0 Å². The van der Waals surface area contributed by atoms with Crippen LogP contribution < -0.4 is 10.5 Å². The Kier molecular flexibility index (Phi) is 4.67. The fourth-order valence-corrected chi connectivity index (χ4v) is 1.46. The molecular weight excluding hydrogens is 297 g/mol. The van der Waals surface area contributed by atoms with Crippen LogP contribution >= 0.6 is 12.4 Å². The van der Waals surface area contributed by atoms with Crippen LogP contribution in [0.25, 0.3) is 11.3 Å². The minimum Gasteiger partial charge on any atom is -0.504 e. The molecule has 108 valence electrons. The fourth-order valence-electron chi connectivity index (χ4n) is 1.46. The average molecular weight is 307 g/mol. The van der Waals surface area contributed by atoms with E-state index in [4.69, 9.17) is 5.73 Å². The number of halogens is 4. The van der Waals surface area contributed by atoms with E-state index >= 15 is 0 Å². The molecule has 0 atom stereocenters. The number of nitrogens with two attached hydrogens (primary N) is 1. The molecule has 0 fully saturated rings. The molecule has 8 heteroatoms. The molecule has 2 aromatic rings. The number of nitrogen functional groups attached to an aromatic ring is 1. The maximum Gasteiger partial charge on any atom is 0.573 e. The van der Waals surface area contributed by atoms with Gasteiger partial charge in [0.05, 0.1) is 17.6 Å². The zero-order valence-corrected chi connectivity index (χ0v) is 10.7. The van der Waals surface area contributed by atoms with Gasteiger partial charge in [-0.1, -0.05) is 0 Å². The molecule has 0 saturated heterocycles. The predicted octanol–water partition coefficient (Wildman–Crippen LogP) is 3.36. The van der Waals surface area contributed by atoms with Gasteiger partial charge in [-0.15, -0.1) is 25.6 Å². The Morgan fingerprint density at radius 2 is 1.85 bits per heavy atom. The molecule has 0 radical (unpaired) electrons. The lowest BCUT2D eigenvalue weighted by Crippen LogP contribution is -2.17. The molecule has 1 aromatic carbocycles. The number of phenols is 1. The van der Waals surface area contributed by atoms with Crippen LogP contribution in [-0.4, -0.2) is 16.5 Å². The highest BCUT2D eigenvalue weighted by Gasteiger charge is 2.32. The van der Waals surface area contributed by atoms with E-state index in [1.54, 1.807) is 12.1 Å². The summed E-state index contributed by atoms with van der Waals surface area (Å²) in [4.78, 5) is 3.97. The van der Waals surface area contributed by atoms with Gasteiger partial charge in [0.1, 0.15) is 0 Å². The van der Waals surface area contributed by atoms with Crippen molar-refractivity contribution in [3.8, 4) is 22.8 Å². The maximum absolute atomic E-state index is 12.1. The molecule has 1 aromatic heterocycles. The van der Waals surface area contributed by atoms with Crippen LogP contribution in [0.1, 0.15) is 0 Å². The minimum atomic E-state index is -4.87. The lowest BCUT2D eigenvalue weighted by molar-refractivity contribution is -0.275. The number of benzene rings is 1. The molecule has 2 rings (SSSR count). The zero-order valence-electron chi connectivity index (χ0n) is 9.89. The molecule has 0 unspecified atom stereocenters. The SMILES string of the molecule is Cl.Nc1ccc(-c2ccc(O)c(OC(F)(F)F)c2)nc1. The topological polar surface area (TPSA) is 68.4 Å². The van der Waals surface area contributed by atoms with Gasteiger partial charge in [-0.3, -0.25) is 4.98 Å². The molecule has 0 bridgehead atoms. The van der Waals surface area contributed by atoms with Crippen LogP contribution in [0.5, 0.6) is 11.5 Å². The standard InChI is InChI=1S/C12H9F3N2O2.ClH/c13-12(14,15)19-11-5-7(1-4-10(11)18)9-3-2-8(16)6-17-9;/h1-6,18H,16H2;1H. The van der Waals surface area contributed by atoms with E-state index in [2.05, 4.69) is 9.72 Å². The van der Waals surface area contributed by atoms with Crippen molar-refractivity contribution in [1.82, 2.24) is 4.98 Å². The lowest BCUT2D eigenvalue weighted by atomic mass is 10.1. The Hall–Kier alpha value is -2.15. The number of pyridine rings is 1. The first-order valence-electron chi connectivity index (χ1n) is 5.16. The van der Waals surface area contributed by atoms with E-state index in [0.29, 0.717) is 16.9 Å². The summed E-state index contributed by atoms with van der Waals surface area (Å²) in [7, 11) is 0. The molecule has 0 aliphatic heterocycles. The first-order chi connectivity index (χ1) is 8.85. The van der Waals surface area contributed by atoms with E-state index in [0.717, 1.165) is 12.1 Å². The molecule has 3 N–H and O–H groups in total. The van der Waals surface area contributed by atoms with Gasteiger partial charge in [0.15, 0.2) is 11.5 Å². The van der Waals surface area contributed by atoms with Crippen LogP contribution in [0.3, 0.4) is 0 Å². The normalized spacial score (nSPS) is 10.8.